The summed E-state index contributed by atoms with van der Waals surface area (Å²) in [5, 5.41) is 0. The molecule has 1 fully saturated rings. The maximum Gasteiger partial charge on any atom is 0.0891 e. The quantitative estimate of drug-likeness (QED) is 0.645. The minimum absolute atomic E-state index is 1.05. The van der Waals surface area contributed by atoms with E-state index in [2.05, 4.69) is 46.1 Å². The van der Waals surface area contributed by atoms with Gasteiger partial charge in [-0.2, -0.15) is 0 Å². The number of hydrogen-bond acceptors (Lipinski definition) is 4. The lowest BCUT2D eigenvalue weighted by molar-refractivity contribution is 0.141. The van der Waals surface area contributed by atoms with E-state index in [1.807, 2.05) is 0 Å². The summed E-state index contributed by atoms with van der Waals surface area (Å²) in [6.45, 7) is 8.30. The molecule has 86 valence electrons. The van der Waals surface area contributed by atoms with E-state index in [4.69, 9.17) is 0 Å². The van der Waals surface area contributed by atoms with Crippen LogP contribution in [0.25, 0.3) is 0 Å². The van der Waals surface area contributed by atoms with Gasteiger partial charge in [-0.1, -0.05) is 0 Å². The molecule has 2 heterocycles. The van der Waals surface area contributed by atoms with Crippen molar-refractivity contribution in [1.29, 1.82) is 0 Å². The van der Waals surface area contributed by atoms with Crippen molar-refractivity contribution in [2.24, 2.45) is 0 Å². The second kappa shape index (κ2) is 4.86. The predicted octanol–water partition coefficient (Wildman–Crippen LogP) is -0.0901. The molecule has 4 heteroatoms. The highest BCUT2D eigenvalue weighted by molar-refractivity contribution is 4.89. The van der Waals surface area contributed by atoms with Gasteiger partial charge in [0.2, 0.25) is 0 Å². The molecular weight excluding hydrogens is 188 g/mol. The highest BCUT2D eigenvalue weighted by atomic mass is 15.3. The molecule has 15 heavy (non-hydrogen) atoms. The Hall–Kier alpha value is -0.740. The van der Waals surface area contributed by atoms with E-state index in [-0.39, 0.29) is 0 Å². The average molecular weight is 210 g/mol. The van der Waals surface area contributed by atoms with Crippen LogP contribution in [0, 0.1) is 0 Å². The Labute approximate surface area is 92.7 Å². The van der Waals surface area contributed by atoms with Crippen molar-refractivity contribution in [3.63, 3.8) is 0 Å². The third-order valence-corrected chi connectivity index (χ3v) is 3.24. The molecular formula is C11H22N4. The summed E-state index contributed by atoms with van der Waals surface area (Å²) < 4.78 is 0. The van der Waals surface area contributed by atoms with Crippen LogP contribution in [0.5, 0.6) is 0 Å². The lowest BCUT2D eigenvalue weighted by Gasteiger charge is -2.33. The molecule has 0 spiro atoms. The van der Waals surface area contributed by atoms with Crippen molar-refractivity contribution in [3.8, 4) is 0 Å². The highest BCUT2D eigenvalue weighted by Gasteiger charge is 2.15. The zero-order valence-corrected chi connectivity index (χ0v) is 9.89. The lowest BCUT2D eigenvalue weighted by atomic mass is 10.3. The first-order valence-corrected chi connectivity index (χ1v) is 5.77. The van der Waals surface area contributed by atoms with E-state index in [0.29, 0.717) is 0 Å². The summed E-state index contributed by atoms with van der Waals surface area (Å²) in [7, 11) is 4.32. The van der Waals surface area contributed by atoms with Crippen LogP contribution in [0.2, 0.25) is 0 Å². The van der Waals surface area contributed by atoms with Gasteiger partial charge in [-0.25, -0.2) is 0 Å². The number of rotatable bonds is 3. The van der Waals surface area contributed by atoms with Gasteiger partial charge in [0.05, 0.1) is 6.67 Å². The SMILES string of the molecule is CN1C=CN(CCN2CCN(C)CC2)C1. The molecule has 2 aliphatic rings. The number of piperazine rings is 1. The fourth-order valence-corrected chi connectivity index (χ4v) is 2.08. The minimum Gasteiger partial charge on any atom is -0.362 e. The van der Waals surface area contributed by atoms with Gasteiger partial charge in [0.15, 0.2) is 0 Å². The number of nitrogens with zero attached hydrogens (tertiary/aromatic N) is 4. The second-order valence-corrected chi connectivity index (χ2v) is 4.65. The molecule has 0 saturated carbocycles. The Bertz CT molecular complexity index is 221. The average Bonchev–Trinajstić information content (AvgIpc) is 2.64. The second-order valence-electron chi connectivity index (χ2n) is 4.65. The maximum absolute atomic E-state index is 2.56. The van der Waals surface area contributed by atoms with Crippen LogP contribution in [-0.4, -0.2) is 79.6 Å². The molecule has 2 rings (SSSR count). The molecule has 0 atom stereocenters. The molecule has 0 aromatic carbocycles. The molecule has 0 aromatic rings. The fraction of sp³-hybridized carbons (Fsp3) is 0.818. The molecule has 0 aliphatic carbocycles. The van der Waals surface area contributed by atoms with Crippen LogP contribution in [0.1, 0.15) is 0 Å². The summed E-state index contributed by atoms with van der Waals surface area (Å²) in [6, 6.07) is 0. The van der Waals surface area contributed by atoms with Crippen LogP contribution in [0.15, 0.2) is 12.4 Å². The fourth-order valence-electron chi connectivity index (χ4n) is 2.08. The van der Waals surface area contributed by atoms with Crippen molar-refractivity contribution < 1.29 is 0 Å². The molecule has 0 N–H and O–H groups in total. The zero-order chi connectivity index (χ0) is 10.7. The first kappa shape index (κ1) is 10.8. The highest BCUT2D eigenvalue weighted by Crippen LogP contribution is 2.04. The predicted molar refractivity (Wildman–Crippen MR) is 62.4 cm³/mol. The summed E-state index contributed by atoms with van der Waals surface area (Å²) in [5.41, 5.74) is 0. The van der Waals surface area contributed by atoms with Crippen molar-refractivity contribution >= 4 is 0 Å². The topological polar surface area (TPSA) is 13.0 Å². The van der Waals surface area contributed by atoms with Gasteiger partial charge in [0.25, 0.3) is 0 Å². The third kappa shape index (κ3) is 3.11. The molecule has 2 aliphatic heterocycles. The first-order valence-electron chi connectivity index (χ1n) is 5.77. The van der Waals surface area contributed by atoms with E-state index in [0.717, 1.165) is 13.2 Å². The zero-order valence-electron chi connectivity index (χ0n) is 9.89. The number of likely N-dealkylation sites (N-methyl/N-ethyl adjacent to an activating group) is 1. The lowest BCUT2D eigenvalue weighted by Crippen LogP contribution is -2.46. The summed E-state index contributed by atoms with van der Waals surface area (Å²) in [6.07, 6.45) is 4.33. The molecule has 0 unspecified atom stereocenters. The minimum atomic E-state index is 1.05. The van der Waals surface area contributed by atoms with Gasteiger partial charge in [-0.05, 0) is 7.05 Å². The van der Waals surface area contributed by atoms with E-state index in [9.17, 15) is 0 Å². The Morgan fingerprint density at radius 3 is 2.27 bits per heavy atom. The van der Waals surface area contributed by atoms with Gasteiger partial charge in [-0.3, -0.25) is 4.90 Å². The largest absolute Gasteiger partial charge is 0.362 e. The van der Waals surface area contributed by atoms with E-state index in [1.54, 1.807) is 0 Å². The van der Waals surface area contributed by atoms with Gasteiger partial charge >= 0.3 is 0 Å². The maximum atomic E-state index is 2.56. The van der Waals surface area contributed by atoms with Gasteiger partial charge < -0.3 is 14.7 Å². The molecule has 1 saturated heterocycles. The Balaban J connectivity index is 1.64. The standard InChI is InChI=1S/C11H22N4/c1-12-3-6-14(7-4-12)9-10-15-8-5-13(2)11-15/h5,8H,3-4,6-7,9-11H2,1-2H3. The van der Waals surface area contributed by atoms with Gasteiger partial charge in [0.1, 0.15) is 0 Å². The molecule has 0 amide bonds. The molecule has 0 aromatic heterocycles. The molecule has 0 radical (unpaired) electrons. The summed E-state index contributed by atoms with van der Waals surface area (Å²) in [5.74, 6) is 0. The summed E-state index contributed by atoms with van der Waals surface area (Å²) in [4.78, 5) is 9.55. The van der Waals surface area contributed by atoms with E-state index >= 15 is 0 Å². The van der Waals surface area contributed by atoms with Crippen LogP contribution >= 0.6 is 0 Å². The van der Waals surface area contributed by atoms with Crippen molar-refractivity contribution in [3.05, 3.63) is 12.4 Å². The van der Waals surface area contributed by atoms with Crippen LogP contribution < -0.4 is 0 Å². The smallest absolute Gasteiger partial charge is 0.0891 e. The van der Waals surface area contributed by atoms with E-state index < -0.39 is 0 Å². The Kier molecular flexibility index (Phi) is 3.49. The molecule has 0 bridgehead atoms. The van der Waals surface area contributed by atoms with Crippen molar-refractivity contribution in [1.82, 2.24) is 19.6 Å². The van der Waals surface area contributed by atoms with Crippen LogP contribution in [-0.2, 0) is 0 Å². The normalized spacial score (nSPS) is 24.1. The van der Waals surface area contributed by atoms with Gasteiger partial charge in [0, 0.05) is 58.7 Å². The molecule has 4 nitrogen and oxygen atoms in total. The van der Waals surface area contributed by atoms with E-state index in [1.165, 1.54) is 32.7 Å². The van der Waals surface area contributed by atoms with Crippen LogP contribution in [0.4, 0.5) is 0 Å². The van der Waals surface area contributed by atoms with Crippen LogP contribution in [0.3, 0.4) is 0 Å². The monoisotopic (exact) mass is 210 g/mol. The van der Waals surface area contributed by atoms with Crippen molar-refractivity contribution in [2.75, 3.05) is 60.0 Å². The van der Waals surface area contributed by atoms with Gasteiger partial charge in [-0.15, -0.1) is 0 Å². The Morgan fingerprint density at radius 2 is 1.67 bits per heavy atom. The van der Waals surface area contributed by atoms with Crippen molar-refractivity contribution in [2.45, 2.75) is 0 Å². The first-order chi connectivity index (χ1) is 7.24. The summed E-state index contributed by atoms with van der Waals surface area (Å²) >= 11 is 0. The third-order valence-electron chi connectivity index (χ3n) is 3.24. The number of hydrogen-bond donors (Lipinski definition) is 0. The Morgan fingerprint density at radius 1 is 0.933 bits per heavy atom.